The minimum Gasteiger partial charge on any atom is -0.507 e. The Morgan fingerprint density at radius 2 is 2.13 bits per heavy atom. The number of benzene rings is 1. The van der Waals surface area contributed by atoms with E-state index >= 15 is 0 Å². The normalized spacial score (nSPS) is 10.5. The third-order valence-electron chi connectivity index (χ3n) is 2.23. The smallest absolute Gasteiger partial charge is 0.129 e. The van der Waals surface area contributed by atoms with Gasteiger partial charge in [0.1, 0.15) is 11.6 Å². The first kappa shape index (κ1) is 10.0. The van der Waals surface area contributed by atoms with Crippen LogP contribution in [0.25, 0.3) is 11.1 Å². The van der Waals surface area contributed by atoms with Crippen molar-refractivity contribution in [3.8, 4) is 16.9 Å². The van der Waals surface area contributed by atoms with E-state index in [2.05, 4.69) is 21.0 Å². The van der Waals surface area contributed by atoms with E-state index in [1.165, 1.54) is 0 Å². The molecule has 3 N–H and O–H groups in total. The van der Waals surface area contributed by atoms with E-state index in [9.17, 15) is 5.11 Å². The molecule has 2 aromatic rings. The fourth-order valence-corrected chi connectivity index (χ4v) is 1.74. The number of hydrogen-bond donors (Lipinski definition) is 2. The number of nitrogens with zero attached hydrogens (tertiary/aromatic N) is 2. The lowest BCUT2D eigenvalue weighted by molar-refractivity contribution is 0.477. The van der Waals surface area contributed by atoms with Crippen LogP contribution >= 0.6 is 15.9 Å². The summed E-state index contributed by atoms with van der Waals surface area (Å²) < 4.78 is 2.39. The molecule has 1 aromatic heterocycles. The Balaban J connectivity index is 2.59. The summed E-state index contributed by atoms with van der Waals surface area (Å²) in [5, 5.41) is 13.8. The highest BCUT2D eigenvalue weighted by molar-refractivity contribution is 9.10. The summed E-state index contributed by atoms with van der Waals surface area (Å²) in [6.45, 7) is 0. The highest BCUT2D eigenvalue weighted by atomic mass is 79.9. The topological polar surface area (TPSA) is 64.1 Å². The molecule has 0 radical (unpaired) electrons. The van der Waals surface area contributed by atoms with Gasteiger partial charge in [-0.3, -0.25) is 4.68 Å². The summed E-state index contributed by atoms with van der Waals surface area (Å²) in [5.74, 6) is 0.719. The summed E-state index contributed by atoms with van der Waals surface area (Å²) >= 11 is 3.28. The number of hydrogen-bond acceptors (Lipinski definition) is 3. The molecule has 0 aliphatic heterocycles. The molecule has 1 heterocycles. The molecule has 0 unspecified atom stereocenters. The highest BCUT2D eigenvalue weighted by Gasteiger charge is 2.11. The lowest BCUT2D eigenvalue weighted by Gasteiger charge is -2.04. The van der Waals surface area contributed by atoms with Crippen LogP contribution in [0.4, 0.5) is 5.82 Å². The fraction of sp³-hybridized carbons (Fsp3) is 0.100. The molecule has 0 atom stereocenters. The Morgan fingerprint density at radius 3 is 2.67 bits per heavy atom. The lowest BCUT2D eigenvalue weighted by Crippen LogP contribution is -1.98. The monoisotopic (exact) mass is 267 g/mol. The van der Waals surface area contributed by atoms with Gasteiger partial charge >= 0.3 is 0 Å². The standard InChI is InChI=1S/C10H10BrN3O/c1-14-10(12)8(5-13-14)7-3-2-6(11)4-9(7)15/h2-5,15H,12H2,1H3. The van der Waals surface area contributed by atoms with Gasteiger partial charge in [0.05, 0.1) is 6.20 Å². The van der Waals surface area contributed by atoms with Gasteiger partial charge < -0.3 is 10.8 Å². The van der Waals surface area contributed by atoms with Crippen LogP contribution in [-0.2, 0) is 7.05 Å². The molecule has 15 heavy (non-hydrogen) atoms. The fourth-order valence-electron chi connectivity index (χ4n) is 1.39. The van der Waals surface area contributed by atoms with Gasteiger partial charge in [-0.1, -0.05) is 15.9 Å². The molecule has 0 saturated carbocycles. The summed E-state index contributed by atoms with van der Waals surface area (Å²) in [7, 11) is 1.76. The number of phenolic OH excluding ortho intramolecular Hbond substituents is 1. The quantitative estimate of drug-likeness (QED) is 0.832. The van der Waals surface area contributed by atoms with Gasteiger partial charge in [-0.15, -0.1) is 0 Å². The zero-order valence-corrected chi connectivity index (χ0v) is 9.69. The number of nitrogens with two attached hydrogens (primary N) is 1. The molecule has 0 spiro atoms. The zero-order chi connectivity index (χ0) is 11.0. The average Bonchev–Trinajstić information content (AvgIpc) is 2.49. The number of aromatic nitrogens is 2. The van der Waals surface area contributed by atoms with Crippen molar-refractivity contribution >= 4 is 21.7 Å². The molecule has 4 nitrogen and oxygen atoms in total. The summed E-state index contributed by atoms with van der Waals surface area (Å²) in [6, 6.07) is 5.27. The van der Waals surface area contributed by atoms with Gasteiger partial charge in [-0.2, -0.15) is 5.10 Å². The minimum absolute atomic E-state index is 0.184. The number of aromatic hydroxyl groups is 1. The Hall–Kier alpha value is -1.49. The van der Waals surface area contributed by atoms with Crippen molar-refractivity contribution < 1.29 is 5.11 Å². The molecule has 0 aliphatic rings. The van der Waals surface area contributed by atoms with E-state index in [1.54, 1.807) is 30.1 Å². The van der Waals surface area contributed by atoms with Crippen molar-refractivity contribution in [2.75, 3.05) is 5.73 Å². The zero-order valence-electron chi connectivity index (χ0n) is 8.11. The second-order valence-electron chi connectivity index (χ2n) is 3.23. The Bertz CT molecular complexity index is 507. The van der Waals surface area contributed by atoms with E-state index in [1.807, 2.05) is 6.07 Å². The molecule has 0 fully saturated rings. The molecule has 1 aromatic carbocycles. The lowest BCUT2D eigenvalue weighted by atomic mass is 10.1. The first-order chi connectivity index (χ1) is 7.09. The van der Waals surface area contributed by atoms with Crippen molar-refractivity contribution in [2.24, 2.45) is 7.05 Å². The number of anilines is 1. The summed E-state index contributed by atoms with van der Waals surface area (Å²) in [4.78, 5) is 0. The van der Waals surface area contributed by atoms with Crippen molar-refractivity contribution in [3.63, 3.8) is 0 Å². The highest BCUT2D eigenvalue weighted by Crippen LogP contribution is 2.34. The molecular formula is C10H10BrN3O. The van der Waals surface area contributed by atoms with E-state index in [0.29, 0.717) is 11.4 Å². The molecule has 78 valence electrons. The minimum atomic E-state index is 0.184. The SMILES string of the molecule is Cn1ncc(-c2ccc(Br)cc2O)c1N. The van der Waals surface area contributed by atoms with Crippen LogP contribution in [0.2, 0.25) is 0 Å². The predicted octanol–water partition coefficient (Wildman–Crippen LogP) is 2.14. The third-order valence-corrected chi connectivity index (χ3v) is 2.73. The number of rotatable bonds is 1. The van der Waals surface area contributed by atoms with E-state index in [0.717, 1.165) is 10.0 Å². The largest absolute Gasteiger partial charge is 0.507 e. The van der Waals surface area contributed by atoms with Gasteiger partial charge in [0.25, 0.3) is 0 Å². The van der Waals surface area contributed by atoms with Crippen LogP contribution in [0.5, 0.6) is 5.75 Å². The number of halogens is 1. The maximum atomic E-state index is 9.76. The van der Waals surface area contributed by atoms with E-state index in [4.69, 9.17) is 5.73 Å². The van der Waals surface area contributed by atoms with Crippen molar-refractivity contribution in [1.29, 1.82) is 0 Å². The predicted molar refractivity (Wildman–Crippen MR) is 62.4 cm³/mol. The Morgan fingerprint density at radius 1 is 1.40 bits per heavy atom. The van der Waals surface area contributed by atoms with Crippen LogP contribution < -0.4 is 5.73 Å². The summed E-state index contributed by atoms with van der Waals surface area (Å²) in [5.41, 5.74) is 7.24. The average molecular weight is 268 g/mol. The molecule has 2 rings (SSSR count). The Labute approximate surface area is 95.5 Å². The van der Waals surface area contributed by atoms with Crippen LogP contribution in [0.15, 0.2) is 28.9 Å². The molecule has 0 saturated heterocycles. The van der Waals surface area contributed by atoms with Crippen LogP contribution in [0.3, 0.4) is 0 Å². The molecule has 0 aliphatic carbocycles. The Kier molecular flexibility index (Phi) is 2.40. The van der Waals surface area contributed by atoms with Crippen LogP contribution in [-0.4, -0.2) is 14.9 Å². The van der Waals surface area contributed by atoms with Crippen molar-refractivity contribution in [2.45, 2.75) is 0 Å². The van der Waals surface area contributed by atoms with Gasteiger partial charge in [0.2, 0.25) is 0 Å². The second-order valence-corrected chi connectivity index (χ2v) is 4.14. The van der Waals surface area contributed by atoms with Crippen LogP contribution in [0, 0.1) is 0 Å². The van der Waals surface area contributed by atoms with Crippen molar-refractivity contribution in [1.82, 2.24) is 9.78 Å². The molecule has 0 amide bonds. The first-order valence-corrected chi connectivity index (χ1v) is 5.15. The van der Waals surface area contributed by atoms with Crippen molar-refractivity contribution in [3.05, 3.63) is 28.9 Å². The maximum absolute atomic E-state index is 9.76. The van der Waals surface area contributed by atoms with E-state index in [-0.39, 0.29) is 5.75 Å². The van der Waals surface area contributed by atoms with Gasteiger partial charge in [-0.05, 0) is 18.2 Å². The molecule has 0 bridgehead atoms. The number of phenols is 1. The summed E-state index contributed by atoms with van der Waals surface area (Å²) in [6.07, 6.45) is 1.64. The van der Waals surface area contributed by atoms with E-state index < -0.39 is 0 Å². The van der Waals surface area contributed by atoms with Gasteiger partial charge in [0, 0.05) is 22.6 Å². The number of nitrogen functional groups attached to an aromatic ring is 1. The molecular weight excluding hydrogens is 258 g/mol. The van der Waals surface area contributed by atoms with Gasteiger partial charge in [0.15, 0.2) is 0 Å². The number of aryl methyl sites for hydroxylation is 1. The van der Waals surface area contributed by atoms with Gasteiger partial charge in [-0.25, -0.2) is 0 Å². The first-order valence-electron chi connectivity index (χ1n) is 4.36. The van der Waals surface area contributed by atoms with Crippen LogP contribution in [0.1, 0.15) is 0 Å². The molecule has 5 heteroatoms. The third kappa shape index (κ3) is 1.70. The second kappa shape index (κ2) is 3.58. The maximum Gasteiger partial charge on any atom is 0.129 e.